The van der Waals surface area contributed by atoms with E-state index in [9.17, 15) is 4.79 Å². The Morgan fingerprint density at radius 3 is 2.61 bits per heavy atom. The lowest BCUT2D eigenvalue weighted by molar-refractivity contribution is -0.142. The summed E-state index contributed by atoms with van der Waals surface area (Å²) in [6.07, 6.45) is 5.16. The van der Waals surface area contributed by atoms with E-state index in [-0.39, 0.29) is 12.1 Å². The van der Waals surface area contributed by atoms with E-state index in [0.29, 0.717) is 17.1 Å². The van der Waals surface area contributed by atoms with Crippen LogP contribution in [0.4, 0.5) is 0 Å². The Hall–Kier alpha value is -0.120. The Bertz CT molecular complexity index is 268. The standard InChI is InChI=1S/C11H21IN2O4/c1-3-11(15)18-14-12-8-13-17-10-6-4-9(16-2)5-7-10/h9-10,13H,3-8H2,1-2H3. The predicted molar refractivity (Wildman–Crippen MR) is 75.0 cm³/mol. The van der Waals surface area contributed by atoms with Gasteiger partial charge in [-0.25, -0.2) is 4.79 Å². The van der Waals surface area contributed by atoms with Gasteiger partial charge in [-0.05, 0) is 25.7 Å². The molecular weight excluding hydrogens is 351 g/mol. The fourth-order valence-corrected chi connectivity index (χ4v) is 2.53. The van der Waals surface area contributed by atoms with Crippen LogP contribution < -0.4 is 5.48 Å². The van der Waals surface area contributed by atoms with Crippen molar-refractivity contribution in [2.45, 2.75) is 51.2 Å². The molecule has 1 aliphatic rings. The highest BCUT2D eigenvalue weighted by Gasteiger charge is 2.21. The zero-order valence-electron chi connectivity index (χ0n) is 10.9. The highest BCUT2D eigenvalue weighted by Crippen LogP contribution is 2.22. The minimum atomic E-state index is -0.535. The summed E-state index contributed by atoms with van der Waals surface area (Å²) >= 11 is -0.535. The van der Waals surface area contributed by atoms with Crippen LogP contribution in [0.2, 0.25) is 0 Å². The summed E-state index contributed by atoms with van der Waals surface area (Å²) in [5, 5.41) is 0. The molecule has 0 saturated heterocycles. The van der Waals surface area contributed by atoms with Crippen LogP contribution in [0.3, 0.4) is 0 Å². The monoisotopic (exact) mass is 372 g/mol. The van der Waals surface area contributed by atoms with E-state index < -0.39 is 21.0 Å². The molecule has 6 nitrogen and oxygen atoms in total. The average Bonchev–Trinajstić information content (AvgIpc) is 2.43. The molecule has 0 amide bonds. The molecule has 0 radical (unpaired) electrons. The number of halogens is 1. The first-order chi connectivity index (χ1) is 8.76. The molecule has 1 N–H and O–H groups in total. The normalized spacial score (nSPS) is 24.8. The Morgan fingerprint density at radius 1 is 1.33 bits per heavy atom. The summed E-state index contributed by atoms with van der Waals surface area (Å²) in [6.45, 7) is 1.74. The van der Waals surface area contributed by atoms with Crippen molar-refractivity contribution >= 4 is 27.0 Å². The number of hydrogen-bond acceptors (Lipinski definition) is 6. The van der Waals surface area contributed by atoms with Gasteiger partial charge in [-0.15, -0.1) is 0 Å². The zero-order chi connectivity index (χ0) is 13.2. The molecule has 1 rings (SSSR count). The lowest BCUT2D eigenvalue weighted by Crippen LogP contribution is -2.30. The van der Waals surface area contributed by atoms with E-state index in [1.165, 1.54) is 0 Å². The van der Waals surface area contributed by atoms with Gasteiger partial charge in [-0.3, -0.25) is 4.84 Å². The molecule has 0 unspecified atom stereocenters. The maximum atomic E-state index is 10.8. The molecule has 0 bridgehead atoms. The SMILES string of the molecule is CCC(=O)ON=ICNOC1CCC(OC)CC1. The van der Waals surface area contributed by atoms with Crippen molar-refractivity contribution in [1.82, 2.24) is 5.48 Å². The van der Waals surface area contributed by atoms with Crippen molar-refractivity contribution in [2.75, 3.05) is 11.7 Å². The van der Waals surface area contributed by atoms with Crippen LogP contribution in [-0.4, -0.2) is 29.8 Å². The Labute approximate surface area is 118 Å². The quantitative estimate of drug-likeness (QED) is 0.244. The summed E-state index contributed by atoms with van der Waals surface area (Å²) in [7, 11) is 1.76. The number of alkyl halides is 1. The summed E-state index contributed by atoms with van der Waals surface area (Å²) in [5.41, 5.74) is 2.90. The third-order valence-electron chi connectivity index (χ3n) is 2.79. The Balaban J connectivity index is 2.00. The number of ether oxygens (including phenoxy) is 1. The van der Waals surface area contributed by atoms with E-state index in [1.807, 2.05) is 0 Å². The van der Waals surface area contributed by atoms with Gasteiger partial charge in [0.05, 0.1) is 37.8 Å². The van der Waals surface area contributed by atoms with E-state index >= 15 is 0 Å². The van der Waals surface area contributed by atoms with Gasteiger partial charge in [0, 0.05) is 13.5 Å². The van der Waals surface area contributed by atoms with Crippen LogP contribution >= 0.6 is 21.0 Å². The lowest BCUT2D eigenvalue weighted by Gasteiger charge is -2.26. The van der Waals surface area contributed by atoms with Gasteiger partial charge in [0.1, 0.15) is 0 Å². The van der Waals surface area contributed by atoms with Gasteiger partial charge in [0.2, 0.25) is 0 Å². The first-order valence-electron chi connectivity index (χ1n) is 6.16. The molecule has 0 aromatic carbocycles. The Kier molecular flexibility index (Phi) is 8.64. The van der Waals surface area contributed by atoms with Gasteiger partial charge in [0.15, 0.2) is 0 Å². The van der Waals surface area contributed by atoms with E-state index in [0.717, 1.165) is 25.7 Å². The van der Waals surface area contributed by atoms with E-state index in [1.54, 1.807) is 14.0 Å². The van der Waals surface area contributed by atoms with E-state index in [2.05, 4.69) is 13.6 Å². The van der Waals surface area contributed by atoms with Crippen molar-refractivity contribution in [1.29, 1.82) is 0 Å². The molecule has 7 heteroatoms. The number of hydroxylamine groups is 1. The predicted octanol–water partition coefficient (Wildman–Crippen LogP) is 2.45. The second-order valence-corrected chi connectivity index (χ2v) is 5.87. The summed E-state index contributed by atoms with van der Waals surface area (Å²) < 4.78 is 9.70. The molecule has 0 heterocycles. The molecule has 0 aromatic heterocycles. The largest absolute Gasteiger partial charge is 0.381 e. The highest BCUT2D eigenvalue weighted by molar-refractivity contribution is 14.2. The fourth-order valence-electron chi connectivity index (χ4n) is 1.71. The molecule has 0 spiro atoms. The summed E-state index contributed by atoms with van der Waals surface area (Å²) in [5.74, 6) is -0.284. The third kappa shape index (κ3) is 6.72. The van der Waals surface area contributed by atoms with Crippen molar-refractivity contribution < 1.29 is 19.2 Å². The smallest absolute Gasteiger partial charge is 0.335 e. The van der Waals surface area contributed by atoms with Crippen LogP contribution in [0.5, 0.6) is 0 Å². The summed E-state index contributed by atoms with van der Waals surface area (Å²) in [4.78, 5) is 21.0. The second kappa shape index (κ2) is 9.76. The molecule has 18 heavy (non-hydrogen) atoms. The molecule has 1 saturated carbocycles. The topological polar surface area (TPSA) is 69.2 Å². The van der Waals surface area contributed by atoms with Crippen LogP contribution in [0, 0.1) is 0 Å². The van der Waals surface area contributed by atoms with Gasteiger partial charge < -0.3 is 9.57 Å². The molecule has 1 fully saturated rings. The first-order valence-corrected chi connectivity index (χ1v) is 8.65. The van der Waals surface area contributed by atoms with Crippen molar-refractivity contribution in [2.24, 2.45) is 3.31 Å². The maximum Gasteiger partial charge on any atom is 0.335 e. The van der Waals surface area contributed by atoms with Crippen LogP contribution in [0.1, 0.15) is 39.0 Å². The maximum absolute atomic E-state index is 10.8. The van der Waals surface area contributed by atoms with Crippen LogP contribution in [-0.2, 0) is 19.2 Å². The van der Waals surface area contributed by atoms with Gasteiger partial charge in [-0.1, -0.05) is 10.2 Å². The molecule has 0 aliphatic heterocycles. The van der Waals surface area contributed by atoms with E-state index in [4.69, 9.17) is 9.57 Å². The Morgan fingerprint density at radius 2 is 2.00 bits per heavy atom. The van der Waals surface area contributed by atoms with Gasteiger partial charge in [-0.2, -0.15) is 5.48 Å². The molecule has 0 aromatic rings. The number of carbonyl (C=O) groups excluding carboxylic acids is 1. The van der Waals surface area contributed by atoms with Gasteiger partial charge >= 0.3 is 5.97 Å². The minimum Gasteiger partial charge on any atom is -0.381 e. The van der Waals surface area contributed by atoms with Crippen molar-refractivity contribution in [3.05, 3.63) is 0 Å². The van der Waals surface area contributed by atoms with Crippen LogP contribution in [0.15, 0.2) is 3.31 Å². The van der Waals surface area contributed by atoms with Gasteiger partial charge in [0.25, 0.3) is 0 Å². The lowest BCUT2D eigenvalue weighted by atomic mass is 9.95. The number of nitrogens with zero attached hydrogens (tertiary/aromatic N) is 1. The van der Waals surface area contributed by atoms with Crippen molar-refractivity contribution in [3.63, 3.8) is 0 Å². The summed E-state index contributed by atoms with van der Waals surface area (Å²) in [6, 6.07) is 0. The fraction of sp³-hybridized carbons (Fsp3) is 0.909. The average molecular weight is 372 g/mol. The second-order valence-electron chi connectivity index (χ2n) is 4.04. The molecule has 106 valence electrons. The zero-order valence-corrected chi connectivity index (χ0v) is 13.0. The number of methoxy groups -OCH3 is 1. The number of hydrogen-bond donors (Lipinski definition) is 1. The number of rotatable bonds is 7. The van der Waals surface area contributed by atoms with Crippen molar-refractivity contribution in [3.8, 4) is 0 Å². The molecule has 1 aliphatic carbocycles. The number of nitrogens with one attached hydrogen (secondary N) is 1. The van der Waals surface area contributed by atoms with Crippen LogP contribution in [0.25, 0.3) is 0 Å². The minimum absolute atomic E-state index is 0.263. The number of carbonyl (C=O) groups is 1. The highest BCUT2D eigenvalue weighted by atomic mass is 127. The molecule has 0 atom stereocenters. The first kappa shape index (κ1) is 15.9. The third-order valence-corrected chi connectivity index (χ3v) is 3.92. The molecular formula is C11H21IN2O4.